The van der Waals surface area contributed by atoms with Gasteiger partial charge in [0.15, 0.2) is 5.58 Å². The molecule has 1 aromatic carbocycles. The Balaban J connectivity index is 2.08. The molecule has 2 heterocycles. The summed E-state index contributed by atoms with van der Waals surface area (Å²) in [7, 11) is 0. The normalized spacial score (nSPS) is 10.9. The van der Waals surface area contributed by atoms with Gasteiger partial charge in [-0.25, -0.2) is 9.37 Å². The Hall–Kier alpha value is -1.54. The summed E-state index contributed by atoms with van der Waals surface area (Å²) >= 11 is 7.83. The number of hydrogen-bond acceptors (Lipinski definition) is 4. The van der Waals surface area contributed by atoms with Crippen LogP contribution in [0, 0.1) is 9.52 Å². The minimum absolute atomic E-state index is 0.0395. The quantitative estimate of drug-likeness (QED) is 0.487. The van der Waals surface area contributed by atoms with E-state index in [4.69, 9.17) is 21.8 Å². The lowest BCUT2D eigenvalue weighted by Gasteiger charge is -2.06. The summed E-state index contributed by atoms with van der Waals surface area (Å²) in [5.74, 6) is -0.229. The number of nitrogens with zero attached hydrogens (tertiary/aromatic N) is 1. The topological polar surface area (TPSA) is 64.1 Å². The van der Waals surface area contributed by atoms with Crippen molar-refractivity contribution < 1.29 is 8.81 Å². The zero-order valence-electron chi connectivity index (χ0n) is 9.95. The van der Waals surface area contributed by atoms with Crippen LogP contribution in [-0.4, -0.2) is 4.98 Å². The molecule has 0 aliphatic carbocycles. The Labute approximate surface area is 132 Å². The number of nitrogens with two attached hydrogens (primary N) is 1. The van der Waals surface area contributed by atoms with Gasteiger partial charge in [0.05, 0.1) is 10.4 Å². The van der Waals surface area contributed by atoms with Crippen LogP contribution in [0.1, 0.15) is 0 Å². The zero-order valence-corrected chi connectivity index (χ0v) is 12.9. The number of benzene rings is 1. The van der Waals surface area contributed by atoms with Gasteiger partial charge < -0.3 is 15.5 Å². The van der Waals surface area contributed by atoms with Crippen LogP contribution in [0.15, 0.2) is 34.9 Å². The van der Waals surface area contributed by atoms with E-state index in [2.05, 4.69) is 32.9 Å². The molecule has 0 aliphatic rings. The molecule has 4 nitrogen and oxygen atoms in total. The minimum atomic E-state index is -0.471. The molecule has 0 aliphatic heterocycles. The molecule has 0 saturated heterocycles. The van der Waals surface area contributed by atoms with Crippen molar-refractivity contribution in [3.05, 3.63) is 45.0 Å². The van der Waals surface area contributed by atoms with Crippen LogP contribution in [0.3, 0.4) is 0 Å². The van der Waals surface area contributed by atoms with Gasteiger partial charge in [0.2, 0.25) is 5.88 Å². The fraction of sp³-hybridized carbons (Fsp3) is 0. The molecule has 0 radical (unpaired) electrons. The van der Waals surface area contributed by atoms with Crippen LogP contribution in [0.5, 0.6) is 0 Å². The second kappa shape index (κ2) is 5.10. The van der Waals surface area contributed by atoms with Crippen molar-refractivity contribution in [2.45, 2.75) is 0 Å². The summed E-state index contributed by atoms with van der Waals surface area (Å²) < 4.78 is 19.4. The van der Waals surface area contributed by atoms with Gasteiger partial charge in [-0.15, -0.1) is 0 Å². The van der Waals surface area contributed by atoms with Crippen molar-refractivity contribution in [1.29, 1.82) is 0 Å². The van der Waals surface area contributed by atoms with E-state index in [9.17, 15) is 4.39 Å². The molecule has 20 heavy (non-hydrogen) atoms. The number of pyridine rings is 1. The van der Waals surface area contributed by atoms with Crippen molar-refractivity contribution in [3.8, 4) is 0 Å². The first-order valence-corrected chi connectivity index (χ1v) is 7.06. The maximum absolute atomic E-state index is 13.2. The summed E-state index contributed by atoms with van der Waals surface area (Å²) in [4.78, 5) is 4.13. The first-order valence-electron chi connectivity index (χ1n) is 5.61. The van der Waals surface area contributed by atoms with Crippen LogP contribution in [0.25, 0.3) is 11.0 Å². The Kier molecular flexibility index (Phi) is 3.43. The van der Waals surface area contributed by atoms with Gasteiger partial charge >= 0.3 is 0 Å². The highest BCUT2D eigenvalue weighted by atomic mass is 127. The van der Waals surface area contributed by atoms with Crippen molar-refractivity contribution in [1.82, 2.24) is 4.98 Å². The van der Waals surface area contributed by atoms with Crippen molar-refractivity contribution in [3.63, 3.8) is 0 Å². The first kappa shape index (κ1) is 13.4. The third kappa shape index (κ3) is 2.29. The van der Waals surface area contributed by atoms with Gasteiger partial charge in [-0.1, -0.05) is 11.6 Å². The van der Waals surface area contributed by atoms with Crippen LogP contribution >= 0.6 is 34.2 Å². The molecule has 0 amide bonds. The molecule has 3 rings (SSSR count). The lowest BCUT2D eigenvalue weighted by molar-refractivity contribution is 0.628. The SMILES string of the molecule is Nc1oc2c(I)nccc2c1Nc1ccc(F)c(Cl)c1. The van der Waals surface area contributed by atoms with E-state index in [0.717, 1.165) is 9.09 Å². The van der Waals surface area contributed by atoms with E-state index in [1.54, 1.807) is 18.3 Å². The van der Waals surface area contributed by atoms with Gasteiger partial charge in [0.1, 0.15) is 15.2 Å². The average molecular weight is 404 g/mol. The number of hydrogen-bond donors (Lipinski definition) is 2. The third-order valence-electron chi connectivity index (χ3n) is 2.78. The second-order valence-electron chi connectivity index (χ2n) is 4.07. The summed E-state index contributed by atoms with van der Waals surface area (Å²) in [6, 6.07) is 6.15. The lowest BCUT2D eigenvalue weighted by atomic mass is 10.2. The van der Waals surface area contributed by atoms with E-state index in [-0.39, 0.29) is 10.9 Å². The van der Waals surface area contributed by atoms with Crippen molar-refractivity contribution in [2.24, 2.45) is 0 Å². The standard InChI is InChI=1S/C13H8ClFIN3O/c14-8-5-6(1-2-9(8)15)19-10-7-3-4-18-12(16)11(7)20-13(10)17/h1-5,19H,17H2. The highest BCUT2D eigenvalue weighted by Gasteiger charge is 2.15. The van der Waals surface area contributed by atoms with E-state index in [0.29, 0.717) is 17.0 Å². The number of aromatic nitrogens is 1. The monoisotopic (exact) mass is 403 g/mol. The average Bonchev–Trinajstić information content (AvgIpc) is 2.73. The molecule has 2 aromatic heterocycles. The Bertz CT molecular complexity index is 806. The minimum Gasteiger partial charge on any atom is -0.436 e. The van der Waals surface area contributed by atoms with Crippen LogP contribution < -0.4 is 11.1 Å². The molecule has 7 heteroatoms. The number of anilines is 3. The van der Waals surface area contributed by atoms with Crippen LogP contribution in [0.2, 0.25) is 5.02 Å². The molecule has 0 fully saturated rings. The third-order valence-corrected chi connectivity index (χ3v) is 3.84. The first-order chi connectivity index (χ1) is 9.56. The molecule has 3 N–H and O–H groups in total. The maximum Gasteiger partial charge on any atom is 0.215 e. The predicted octanol–water partition coefficient (Wildman–Crippen LogP) is 4.55. The zero-order chi connectivity index (χ0) is 14.3. The van der Waals surface area contributed by atoms with Crippen LogP contribution in [-0.2, 0) is 0 Å². The number of nitrogens with one attached hydrogen (secondary N) is 1. The Morgan fingerprint density at radius 3 is 2.90 bits per heavy atom. The lowest BCUT2D eigenvalue weighted by Crippen LogP contribution is -1.94. The Morgan fingerprint density at radius 1 is 1.35 bits per heavy atom. The number of nitrogen functional groups attached to an aromatic ring is 1. The molecule has 0 saturated carbocycles. The Morgan fingerprint density at radius 2 is 2.15 bits per heavy atom. The highest BCUT2D eigenvalue weighted by molar-refractivity contribution is 14.1. The maximum atomic E-state index is 13.2. The van der Waals surface area contributed by atoms with Crippen LogP contribution in [0.4, 0.5) is 21.6 Å². The molecule has 0 atom stereocenters. The largest absolute Gasteiger partial charge is 0.436 e. The van der Waals surface area contributed by atoms with Gasteiger partial charge in [-0.05, 0) is 46.9 Å². The molecule has 102 valence electrons. The van der Waals surface area contributed by atoms with Gasteiger partial charge in [-0.3, -0.25) is 0 Å². The smallest absolute Gasteiger partial charge is 0.215 e. The number of halogens is 3. The van der Waals surface area contributed by atoms with E-state index in [1.165, 1.54) is 12.1 Å². The number of furan rings is 1. The predicted molar refractivity (Wildman–Crippen MR) is 85.8 cm³/mol. The molecule has 3 aromatic rings. The van der Waals surface area contributed by atoms with E-state index in [1.807, 2.05) is 0 Å². The van der Waals surface area contributed by atoms with E-state index < -0.39 is 5.82 Å². The van der Waals surface area contributed by atoms with Gasteiger partial charge in [0.25, 0.3) is 0 Å². The highest BCUT2D eigenvalue weighted by Crippen LogP contribution is 2.36. The molecule has 0 unspecified atom stereocenters. The fourth-order valence-corrected chi connectivity index (χ4v) is 2.60. The summed E-state index contributed by atoms with van der Waals surface area (Å²) in [6.07, 6.45) is 1.67. The van der Waals surface area contributed by atoms with Gasteiger partial charge in [0, 0.05) is 11.9 Å². The van der Waals surface area contributed by atoms with Gasteiger partial charge in [-0.2, -0.15) is 0 Å². The molecule has 0 spiro atoms. The molecular formula is C13H8ClFIN3O. The second-order valence-corrected chi connectivity index (χ2v) is 5.50. The molecule has 0 bridgehead atoms. The number of rotatable bonds is 2. The number of fused-ring (bicyclic) bond motifs is 1. The van der Waals surface area contributed by atoms with Crippen molar-refractivity contribution >= 4 is 62.4 Å². The fourth-order valence-electron chi connectivity index (χ4n) is 1.86. The van der Waals surface area contributed by atoms with Crippen molar-refractivity contribution in [2.75, 3.05) is 11.1 Å². The summed E-state index contributed by atoms with van der Waals surface area (Å²) in [5, 5.41) is 3.94. The molecular weight excluding hydrogens is 396 g/mol. The summed E-state index contributed by atoms with van der Waals surface area (Å²) in [6.45, 7) is 0. The summed E-state index contributed by atoms with van der Waals surface area (Å²) in [5.41, 5.74) is 7.72. The van der Waals surface area contributed by atoms with E-state index >= 15 is 0 Å².